The molecular weight excluding hydrogens is 373 g/mol. The Hall–Kier alpha value is -3.03. The smallest absolute Gasteiger partial charge is 0.416 e. The zero-order valence-corrected chi connectivity index (χ0v) is 15.6. The van der Waals surface area contributed by atoms with E-state index in [0.717, 1.165) is 24.3 Å². The normalized spacial score (nSPS) is 12.8. The fourth-order valence-electron chi connectivity index (χ4n) is 2.33. The first-order valence-electron chi connectivity index (χ1n) is 8.48. The van der Waals surface area contributed by atoms with E-state index in [-0.39, 0.29) is 5.69 Å². The molecule has 2 N–H and O–H groups in total. The number of hydrogen-bond acceptors (Lipinski definition) is 3. The van der Waals surface area contributed by atoms with Crippen LogP contribution in [0.3, 0.4) is 0 Å². The van der Waals surface area contributed by atoms with Crippen LogP contribution in [0.25, 0.3) is 0 Å². The molecule has 0 fully saturated rings. The summed E-state index contributed by atoms with van der Waals surface area (Å²) < 4.78 is 43.2. The minimum Gasteiger partial charge on any atom is -0.444 e. The number of benzene rings is 2. The second-order valence-electron chi connectivity index (χ2n) is 7.05. The lowest BCUT2D eigenvalue weighted by Crippen LogP contribution is -2.40. The molecule has 5 nitrogen and oxygen atoms in total. The number of nitrogens with one attached hydrogen (secondary N) is 2. The zero-order valence-electron chi connectivity index (χ0n) is 15.6. The summed E-state index contributed by atoms with van der Waals surface area (Å²) in [6.07, 6.45) is -5.25. The Morgan fingerprint density at radius 3 is 2.00 bits per heavy atom. The summed E-state index contributed by atoms with van der Waals surface area (Å²) in [6, 6.07) is 11.4. The molecule has 1 atom stereocenters. The molecule has 0 radical (unpaired) electrons. The first-order valence-corrected chi connectivity index (χ1v) is 8.48. The van der Waals surface area contributed by atoms with Crippen LogP contribution >= 0.6 is 0 Å². The molecule has 8 heteroatoms. The fraction of sp³-hybridized carbons (Fsp3) is 0.300. The van der Waals surface area contributed by atoms with Gasteiger partial charge in [-0.25, -0.2) is 4.79 Å². The van der Waals surface area contributed by atoms with Gasteiger partial charge in [0.15, 0.2) is 0 Å². The lowest BCUT2D eigenvalue weighted by Gasteiger charge is -2.23. The lowest BCUT2D eigenvalue weighted by atomic mass is 10.1. The topological polar surface area (TPSA) is 67.4 Å². The van der Waals surface area contributed by atoms with E-state index in [1.165, 1.54) is 0 Å². The molecule has 0 aromatic heterocycles. The Morgan fingerprint density at radius 1 is 0.929 bits per heavy atom. The third-order valence-corrected chi connectivity index (χ3v) is 3.54. The van der Waals surface area contributed by atoms with Gasteiger partial charge in [0.25, 0.3) is 5.91 Å². The van der Waals surface area contributed by atoms with Gasteiger partial charge in [-0.05, 0) is 50.6 Å². The first kappa shape index (κ1) is 21.3. The Kier molecular flexibility index (Phi) is 6.33. The second-order valence-corrected chi connectivity index (χ2v) is 7.05. The fourth-order valence-corrected chi connectivity index (χ4v) is 2.33. The minimum atomic E-state index is -4.46. The van der Waals surface area contributed by atoms with Gasteiger partial charge in [0, 0.05) is 5.69 Å². The van der Waals surface area contributed by atoms with Crippen LogP contribution < -0.4 is 10.6 Å². The van der Waals surface area contributed by atoms with Gasteiger partial charge in [0.1, 0.15) is 11.6 Å². The number of halogens is 3. The van der Waals surface area contributed by atoms with E-state index in [1.54, 1.807) is 51.1 Å². The molecular formula is C20H21F3N2O3. The largest absolute Gasteiger partial charge is 0.444 e. The van der Waals surface area contributed by atoms with Gasteiger partial charge in [0.05, 0.1) is 5.56 Å². The van der Waals surface area contributed by atoms with Crippen LogP contribution in [0.15, 0.2) is 54.6 Å². The number of carbonyl (C=O) groups is 2. The minimum absolute atomic E-state index is 0.171. The van der Waals surface area contributed by atoms with Crippen molar-refractivity contribution in [2.75, 3.05) is 5.32 Å². The number of rotatable bonds is 4. The van der Waals surface area contributed by atoms with Crippen molar-refractivity contribution in [1.82, 2.24) is 5.32 Å². The number of hydrogen-bond donors (Lipinski definition) is 2. The number of alkyl carbamates (subject to hydrolysis) is 1. The van der Waals surface area contributed by atoms with Gasteiger partial charge in [-0.1, -0.05) is 30.3 Å². The molecule has 2 aromatic rings. The third kappa shape index (κ3) is 6.29. The molecule has 0 aliphatic rings. The summed E-state index contributed by atoms with van der Waals surface area (Å²) in [5, 5.41) is 5.00. The van der Waals surface area contributed by atoms with Crippen LogP contribution in [0.4, 0.5) is 23.7 Å². The summed E-state index contributed by atoms with van der Waals surface area (Å²) >= 11 is 0. The van der Waals surface area contributed by atoms with Crippen LogP contribution in [0.1, 0.15) is 37.9 Å². The van der Waals surface area contributed by atoms with Crippen LogP contribution in [-0.4, -0.2) is 17.6 Å². The molecule has 2 aromatic carbocycles. The molecule has 0 aliphatic carbocycles. The Labute approximate surface area is 160 Å². The lowest BCUT2D eigenvalue weighted by molar-refractivity contribution is -0.137. The highest BCUT2D eigenvalue weighted by Crippen LogP contribution is 2.30. The molecule has 0 aliphatic heterocycles. The second kappa shape index (κ2) is 8.33. The number of amides is 2. The number of alkyl halides is 3. The Bertz CT molecular complexity index is 813. The quantitative estimate of drug-likeness (QED) is 0.774. The molecule has 0 saturated carbocycles. The maximum atomic E-state index is 12.7. The van der Waals surface area contributed by atoms with Gasteiger partial charge < -0.3 is 15.4 Å². The van der Waals surface area contributed by atoms with E-state index in [0.29, 0.717) is 5.56 Å². The van der Waals surface area contributed by atoms with E-state index in [4.69, 9.17) is 4.74 Å². The molecule has 28 heavy (non-hydrogen) atoms. The Balaban J connectivity index is 2.18. The monoisotopic (exact) mass is 394 g/mol. The molecule has 0 spiro atoms. The van der Waals surface area contributed by atoms with Gasteiger partial charge in [-0.15, -0.1) is 0 Å². The summed E-state index contributed by atoms with van der Waals surface area (Å²) in [5.41, 5.74) is -0.908. The first-order chi connectivity index (χ1) is 13.0. The van der Waals surface area contributed by atoms with E-state index in [1.807, 2.05) is 0 Å². The van der Waals surface area contributed by atoms with E-state index in [2.05, 4.69) is 10.6 Å². The molecule has 0 saturated heterocycles. The van der Waals surface area contributed by atoms with Gasteiger partial charge in [0.2, 0.25) is 0 Å². The molecule has 0 heterocycles. The third-order valence-electron chi connectivity index (χ3n) is 3.54. The van der Waals surface area contributed by atoms with Crippen molar-refractivity contribution >= 4 is 17.7 Å². The predicted octanol–water partition coefficient (Wildman–Crippen LogP) is 4.91. The Morgan fingerprint density at radius 2 is 1.50 bits per heavy atom. The number of carbonyl (C=O) groups excluding carboxylic acids is 2. The van der Waals surface area contributed by atoms with E-state index < -0.39 is 35.4 Å². The van der Waals surface area contributed by atoms with Gasteiger partial charge in [-0.3, -0.25) is 4.79 Å². The standard InChI is InChI=1S/C20H21F3N2O3/c1-19(2,3)28-18(27)25-16(13-7-5-4-6-8-13)17(26)24-15-11-9-14(10-12-15)20(21,22)23/h4-12,16H,1-3H3,(H,24,26)(H,25,27). The average Bonchev–Trinajstić information content (AvgIpc) is 2.58. The molecule has 2 rings (SSSR count). The SMILES string of the molecule is CC(C)(C)OC(=O)NC(C(=O)Nc1ccc(C(F)(F)F)cc1)c1ccccc1. The predicted molar refractivity (Wildman–Crippen MR) is 98.6 cm³/mol. The van der Waals surface area contributed by atoms with Crippen LogP contribution in [0.5, 0.6) is 0 Å². The summed E-state index contributed by atoms with van der Waals surface area (Å²) in [4.78, 5) is 24.8. The van der Waals surface area contributed by atoms with Gasteiger partial charge in [-0.2, -0.15) is 13.2 Å². The summed E-state index contributed by atoms with van der Waals surface area (Å²) in [6.45, 7) is 5.06. The van der Waals surface area contributed by atoms with Crippen molar-refractivity contribution in [3.8, 4) is 0 Å². The number of ether oxygens (including phenoxy) is 1. The van der Waals surface area contributed by atoms with Crippen molar-refractivity contribution in [3.63, 3.8) is 0 Å². The molecule has 2 amide bonds. The van der Waals surface area contributed by atoms with Crippen LogP contribution in [-0.2, 0) is 15.7 Å². The van der Waals surface area contributed by atoms with Crippen molar-refractivity contribution < 1.29 is 27.5 Å². The van der Waals surface area contributed by atoms with Crippen molar-refractivity contribution in [3.05, 3.63) is 65.7 Å². The highest BCUT2D eigenvalue weighted by Gasteiger charge is 2.30. The molecule has 150 valence electrons. The zero-order chi connectivity index (χ0) is 20.9. The van der Waals surface area contributed by atoms with Crippen molar-refractivity contribution in [2.24, 2.45) is 0 Å². The average molecular weight is 394 g/mol. The van der Waals surface area contributed by atoms with Crippen LogP contribution in [0.2, 0.25) is 0 Å². The summed E-state index contributed by atoms with van der Waals surface area (Å²) in [5.74, 6) is -0.614. The molecule has 0 bridgehead atoms. The molecule has 1 unspecified atom stereocenters. The van der Waals surface area contributed by atoms with E-state index >= 15 is 0 Å². The highest BCUT2D eigenvalue weighted by molar-refractivity contribution is 5.97. The highest BCUT2D eigenvalue weighted by atomic mass is 19.4. The van der Waals surface area contributed by atoms with Crippen molar-refractivity contribution in [1.29, 1.82) is 0 Å². The number of anilines is 1. The summed E-state index contributed by atoms with van der Waals surface area (Å²) in [7, 11) is 0. The van der Waals surface area contributed by atoms with E-state index in [9.17, 15) is 22.8 Å². The van der Waals surface area contributed by atoms with Crippen LogP contribution in [0, 0.1) is 0 Å². The maximum Gasteiger partial charge on any atom is 0.416 e. The van der Waals surface area contributed by atoms with Gasteiger partial charge >= 0.3 is 12.3 Å². The van der Waals surface area contributed by atoms with Crippen molar-refractivity contribution in [2.45, 2.75) is 38.6 Å². The maximum absolute atomic E-state index is 12.7.